The van der Waals surface area contributed by atoms with E-state index in [9.17, 15) is 22.8 Å². The number of hydrogen-bond donors (Lipinski definition) is 4. The summed E-state index contributed by atoms with van der Waals surface area (Å²) in [4.78, 5) is 33.8. The van der Waals surface area contributed by atoms with Crippen molar-refractivity contribution in [2.75, 3.05) is 5.32 Å². The molecule has 0 radical (unpaired) electrons. The summed E-state index contributed by atoms with van der Waals surface area (Å²) in [6.07, 6.45) is -0.228. The lowest BCUT2D eigenvalue weighted by atomic mass is 10.2. The molecule has 9 nitrogen and oxygen atoms in total. The van der Waals surface area contributed by atoms with E-state index in [4.69, 9.17) is 5.14 Å². The second-order valence-corrected chi connectivity index (χ2v) is 5.90. The normalized spacial score (nSPS) is 18.0. The Labute approximate surface area is 119 Å². The van der Waals surface area contributed by atoms with Crippen LogP contribution in [0.1, 0.15) is 6.42 Å². The summed E-state index contributed by atoms with van der Waals surface area (Å²) in [5.74, 6) is -1.07. The lowest BCUT2D eigenvalue weighted by Crippen LogP contribution is -2.33. The van der Waals surface area contributed by atoms with Crippen molar-refractivity contribution in [2.45, 2.75) is 17.4 Å². The van der Waals surface area contributed by atoms with E-state index in [0.29, 0.717) is 5.69 Å². The minimum atomic E-state index is -3.79. The van der Waals surface area contributed by atoms with Crippen molar-refractivity contribution in [3.05, 3.63) is 24.3 Å². The zero-order valence-corrected chi connectivity index (χ0v) is 11.4. The zero-order valence-electron chi connectivity index (χ0n) is 10.6. The van der Waals surface area contributed by atoms with Crippen LogP contribution < -0.4 is 21.1 Å². The highest BCUT2D eigenvalue weighted by atomic mass is 32.2. The molecular formula is C11H12N4O5S. The lowest BCUT2D eigenvalue weighted by Gasteiger charge is -2.08. The molecule has 1 atom stereocenters. The second kappa shape index (κ2) is 5.50. The summed E-state index contributed by atoms with van der Waals surface area (Å²) in [6, 6.07) is 3.66. The molecule has 0 spiro atoms. The first kappa shape index (κ1) is 14.9. The molecular weight excluding hydrogens is 300 g/mol. The minimum Gasteiger partial charge on any atom is -0.326 e. The third-order valence-electron chi connectivity index (χ3n) is 2.71. The number of carbonyl (C=O) groups is 3. The van der Waals surface area contributed by atoms with Gasteiger partial charge in [0.1, 0.15) is 6.04 Å². The number of urea groups is 1. The Hall–Kier alpha value is -2.46. The third kappa shape index (κ3) is 3.77. The van der Waals surface area contributed by atoms with Crippen LogP contribution in [-0.2, 0) is 19.6 Å². The second-order valence-electron chi connectivity index (χ2n) is 4.34. The molecule has 2 rings (SSSR count). The number of hydrogen-bond acceptors (Lipinski definition) is 5. The van der Waals surface area contributed by atoms with Gasteiger partial charge in [0.05, 0.1) is 11.3 Å². The third-order valence-corrected chi connectivity index (χ3v) is 3.64. The standard InChI is InChI=1S/C11H12N4O5S/c12-21(19,20)7-3-1-6(2-4-7)13-9(16)5-8-10(17)15-11(18)14-8/h1-4,8H,5H2,(H,13,16)(H2,12,19,20)(H2,14,15,17,18)/t8-/m1/s1. The number of anilines is 1. The zero-order chi connectivity index (χ0) is 15.6. The number of nitrogens with one attached hydrogen (secondary N) is 3. The Bertz CT molecular complexity index is 698. The van der Waals surface area contributed by atoms with Crippen LogP contribution in [0.5, 0.6) is 0 Å². The van der Waals surface area contributed by atoms with E-state index in [1.165, 1.54) is 24.3 Å². The number of amides is 4. The van der Waals surface area contributed by atoms with Crippen molar-refractivity contribution in [3.8, 4) is 0 Å². The monoisotopic (exact) mass is 312 g/mol. The highest BCUT2D eigenvalue weighted by molar-refractivity contribution is 7.89. The summed E-state index contributed by atoms with van der Waals surface area (Å²) in [6.45, 7) is 0. The Morgan fingerprint density at radius 3 is 2.33 bits per heavy atom. The van der Waals surface area contributed by atoms with Crippen molar-refractivity contribution in [2.24, 2.45) is 5.14 Å². The van der Waals surface area contributed by atoms with Crippen molar-refractivity contribution < 1.29 is 22.8 Å². The molecule has 1 aliphatic heterocycles. The van der Waals surface area contributed by atoms with Gasteiger partial charge >= 0.3 is 6.03 Å². The molecule has 4 amide bonds. The summed E-state index contributed by atoms with van der Waals surface area (Å²) in [5, 5.41) is 11.7. The van der Waals surface area contributed by atoms with Gasteiger partial charge in [0.15, 0.2) is 0 Å². The summed E-state index contributed by atoms with van der Waals surface area (Å²) < 4.78 is 22.1. The van der Waals surface area contributed by atoms with Gasteiger partial charge in [-0.2, -0.15) is 0 Å². The van der Waals surface area contributed by atoms with Crippen LogP contribution in [0.3, 0.4) is 0 Å². The van der Waals surface area contributed by atoms with Gasteiger partial charge in [0.2, 0.25) is 15.9 Å². The number of benzene rings is 1. The van der Waals surface area contributed by atoms with E-state index in [1.807, 2.05) is 5.32 Å². The number of nitrogens with two attached hydrogens (primary N) is 1. The van der Waals surface area contributed by atoms with Gasteiger partial charge in [-0.1, -0.05) is 0 Å². The molecule has 1 saturated heterocycles. The smallest absolute Gasteiger partial charge is 0.322 e. The topological polar surface area (TPSA) is 147 Å². The van der Waals surface area contributed by atoms with Gasteiger partial charge < -0.3 is 10.6 Å². The van der Waals surface area contributed by atoms with E-state index in [-0.39, 0.29) is 11.3 Å². The maximum atomic E-state index is 11.7. The van der Waals surface area contributed by atoms with Gasteiger partial charge in [-0.05, 0) is 24.3 Å². The summed E-state index contributed by atoms with van der Waals surface area (Å²) in [5.41, 5.74) is 0.345. The molecule has 1 heterocycles. The largest absolute Gasteiger partial charge is 0.326 e. The number of carbonyl (C=O) groups excluding carboxylic acids is 3. The van der Waals surface area contributed by atoms with Crippen LogP contribution in [0, 0.1) is 0 Å². The van der Waals surface area contributed by atoms with Crippen molar-refractivity contribution >= 4 is 33.6 Å². The number of imide groups is 1. The van der Waals surface area contributed by atoms with Crippen LogP contribution in [0.15, 0.2) is 29.2 Å². The SMILES string of the molecule is NS(=O)(=O)c1ccc(NC(=O)C[C@H]2NC(=O)NC2=O)cc1. The van der Waals surface area contributed by atoms with Crippen LogP contribution in [0.4, 0.5) is 10.5 Å². The lowest BCUT2D eigenvalue weighted by molar-refractivity contribution is -0.124. The Morgan fingerprint density at radius 1 is 1.24 bits per heavy atom. The Balaban J connectivity index is 1.97. The first-order valence-corrected chi connectivity index (χ1v) is 7.34. The van der Waals surface area contributed by atoms with Crippen LogP contribution in [-0.4, -0.2) is 32.3 Å². The van der Waals surface area contributed by atoms with Crippen LogP contribution in [0.2, 0.25) is 0 Å². The molecule has 1 fully saturated rings. The van der Waals surface area contributed by atoms with Gasteiger partial charge in [0.25, 0.3) is 5.91 Å². The number of primary sulfonamides is 1. The molecule has 1 aromatic carbocycles. The number of rotatable bonds is 4. The van der Waals surface area contributed by atoms with Crippen molar-refractivity contribution in [3.63, 3.8) is 0 Å². The minimum absolute atomic E-state index is 0.0806. The maximum absolute atomic E-state index is 11.7. The highest BCUT2D eigenvalue weighted by Gasteiger charge is 2.31. The van der Waals surface area contributed by atoms with Crippen molar-refractivity contribution in [1.29, 1.82) is 0 Å². The fraction of sp³-hybridized carbons (Fsp3) is 0.182. The quantitative estimate of drug-likeness (QED) is 0.519. The van der Waals surface area contributed by atoms with Gasteiger partial charge in [-0.3, -0.25) is 14.9 Å². The molecule has 0 bridgehead atoms. The number of sulfonamides is 1. The average molecular weight is 312 g/mol. The fourth-order valence-electron chi connectivity index (χ4n) is 1.73. The molecule has 0 aliphatic carbocycles. The van der Waals surface area contributed by atoms with Crippen LogP contribution in [0.25, 0.3) is 0 Å². The predicted octanol–water partition coefficient (Wildman–Crippen LogP) is -1.13. The molecule has 112 valence electrons. The summed E-state index contributed by atoms with van der Waals surface area (Å²) >= 11 is 0. The molecule has 1 aliphatic rings. The summed E-state index contributed by atoms with van der Waals surface area (Å²) in [7, 11) is -3.79. The van der Waals surface area contributed by atoms with Gasteiger partial charge in [-0.15, -0.1) is 0 Å². The molecule has 0 saturated carbocycles. The molecule has 21 heavy (non-hydrogen) atoms. The molecule has 1 aromatic rings. The average Bonchev–Trinajstić information content (AvgIpc) is 2.67. The van der Waals surface area contributed by atoms with E-state index >= 15 is 0 Å². The Morgan fingerprint density at radius 2 is 1.86 bits per heavy atom. The van der Waals surface area contributed by atoms with Gasteiger partial charge in [-0.25, -0.2) is 18.4 Å². The molecule has 10 heteroatoms. The molecule has 0 unspecified atom stereocenters. The molecule has 0 aromatic heterocycles. The first-order chi connectivity index (χ1) is 9.75. The fourth-order valence-corrected chi connectivity index (χ4v) is 2.24. The first-order valence-electron chi connectivity index (χ1n) is 5.80. The highest BCUT2D eigenvalue weighted by Crippen LogP contribution is 2.13. The van der Waals surface area contributed by atoms with Gasteiger partial charge in [0, 0.05) is 5.69 Å². The Kier molecular flexibility index (Phi) is 3.91. The maximum Gasteiger partial charge on any atom is 0.322 e. The van der Waals surface area contributed by atoms with Crippen LogP contribution >= 0.6 is 0 Å². The van der Waals surface area contributed by atoms with E-state index < -0.39 is 33.9 Å². The van der Waals surface area contributed by atoms with Crippen molar-refractivity contribution in [1.82, 2.24) is 10.6 Å². The van der Waals surface area contributed by atoms with E-state index in [2.05, 4.69) is 10.6 Å². The predicted molar refractivity (Wildman–Crippen MR) is 71.5 cm³/mol. The van der Waals surface area contributed by atoms with E-state index in [1.54, 1.807) is 0 Å². The molecule has 5 N–H and O–H groups in total. The van der Waals surface area contributed by atoms with E-state index in [0.717, 1.165) is 0 Å².